The van der Waals surface area contributed by atoms with E-state index in [1.54, 1.807) is 11.3 Å². The SMILES string of the molecule is c1ccc2c(c1)cc(-c1ccc(N(c3ccc(-c4cc5ccccc5c5ccccc45)cc3)c3cccc4sc5cnccc5c34)cc1)c1ccccc12. The third kappa shape index (κ3) is 4.90. The zero-order valence-corrected chi connectivity index (χ0v) is 30.1. The van der Waals surface area contributed by atoms with Crippen molar-refractivity contribution in [1.82, 2.24) is 4.98 Å². The van der Waals surface area contributed by atoms with Crippen LogP contribution in [-0.4, -0.2) is 4.98 Å². The Bertz CT molecular complexity index is 3050. The number of hydrogen-bond acceptors (Lipinski definition) is 3. The van der Waals surface area contributed by atoms with Crippen LogP contribution < -0.4 is 4.90 Å². The Morgan fingerprint density at radius 3 is 1.44 bits per heavy atom. The number of aromatic nitrogens is 1. The zero-order chi connectivity index (χ0) is 35.6. The molecule has 0 amide bonds. The fourth-order valence-corrected chi connectivity index (χ4v) is 9.54. The Hall–Kier alpha value is -6.81. The molecule has 0 saturated carbocycles. The second kappa shape index (κ2) is 12.4. The molecule has 3 heteroatoms. The summed E-state index contributed by atoms with van der Waals surface area (Å²) in [6.45, 7) is 0. The second-order valence-corrected chi connectivity index (χ2v) is 15.0. The van der Waals surface area contributed by atoms with E-state index in [0.29, 0.717) is 0 Å². The van der Waals surface area contributed by atoms with Gasteiger partial charge in [0.05, 0.1) is 10.4 Å². The van der Waals surface area contributed by atoms with Crippen LogP contribution in [0.2, 0.25) is 0 Å². The standard InChI is InChI=1S/C51H32N2S/c1-3-12-39-35(10-1)30-46(43-16-7-5-14-41(39)43)33-20-24-37(25-21-33)53(48-18-9-19-49-51(48)45-28-29-52-32-50(45)54-49)38-26-22-34(23-27-38)47-31-36-11-2-4-13-40(36)42-15-6-8-17-44(42)47/h1-32H. The minimum atomic E-state index is 1.11. The topological polar surface area (TPSA) is 16.1 Å². The van der Waals surface area contributed by atoms with Gasteiger partial charge in [0.15, 0.2) is 0 Å². The molecule has 0 aliphatic rings. The molecule has 0 radical (unpaired) electrons. The maximum Gasteiger partial charge on any atom is 0.0554 e. The van der Waals surface area contributed by atoms with E-state index in [1.807, 2.05) is 12.4 Å². The van der Waals surface area contributed by atoms with Gasteiger partial charge in [-0.25, -0.2) is 0 Å². The lowest BCUT2D eigenvalue weighted by atomic mass is 9.93. The Morgan fingerprint density at radius 2 is 0.889 bits per heavy atom. The number of benzene rings is 9. The molecule has 0 bridgehead atoms. The molecule has 2 nitrogen and oxygen atoms in total. The van der Waals surface area contributed by atoms with E-state index in [-0.39, 0.29) is 0 Å². The number of anilines is 3. The van der Waals surface area contributed by atoms with Crippen LogP contribution in [0.1, 0.15) is 0 Å². The van der Waals surface area contributed by atoms with Gasteiger partial charge in [-0.1, -0.05) is 127 Å². The van der Waals surface area contributed by atoms with E-state index in [9.17, 15) is 0 Å². The maximum absolute atomic E-state index is 4.45. The lowest BCUT2D eigenvalue weighted by molar-refractivity contribution is 1.30. The summed E-state index contributed by atoms with van der Waals surface area (Å²) < 4.78 is 2.44. The van der Waals surface area contributed by atoms with Crippen molar-refractivity contribution < 1.29 is 0 Å². The van der Waals surface area contributed by atoms with E-state index >= 15 is 0 Å². The van der Waals surface area contributed by atoms with Gasteiger partial charge >= 0.3 is 0 Å². The van der Waals surface area contributed by atoms with Gasteiger partial charge in [0.25, 0.3) is 0 Å². The van der Waals surface area contributed by atoms with Crippen LogP contribution in [0.15, 0.2) is 194 Å². The molecule has 0 spiro atoms. The number of nitrogens with zero attached hydrogens (tertiary/aromatic N) is 2. The number of rotatable bonds is 5. The van der Waals surface area contributed by atoms with Crippen molar-refractivity contribution in [1.29, 1.82) is 0 Å². The molecule has 9 aromatic carbocycles. The van der Waals surface area contributed by atoms with Crippen molar-refractivity contribution in [2.75, 3.05) is 4.90 Å². The van der Waals surface area contributed by atoms with Gasteiger partial charge in [-0.05, 0) is 120 Å². The van der Waals surface area contributed by atoms with Crippen LogP contribution in [0.5, 0.6) is 0 Å². The highest BCUT2D eigenvalue weighted by atomic mass is 32.1. The minimum Gasteiger partial charge on any atom is -0.310 e. The summed E-state index contributed by atoms with van der Waals surface area (Å²) in [6.07, 6.45) is 3.89. The molecule has 0 fully saturated rings. The second-order valence-electron chi connectivity index (χ2n) is 13.9. The van der Waals surface area contributed by atoms with Crippen molar-refractivity contribution in [2.24, 2.45) is 0 Å². The molecule has 0 aliphatic heterocycles. The average Bonchev–Trinajstić information content (AvgIpc) is 3.63. The third-order valence-corrected chi connectivity index (χ3v) is 12.0. The van der Waals surface area contributed by atoms with Gasteiger partial charge in [0.2, 0.25) is 0 Å². The van der Waals surface area contributed by atoms with Gasteiger partial charge in [-0.2, -0.15) is 0 Å². The van der Waals surface area contributed by atoms with E-state index in [4.69, 9.17) is 0 Å². The molecule has 0 atom stereocenters. The Balaban J connectivity index is 1.08. The lowest BCUT2D eigenvalue weighted by Gasteiger charge is -2.27. The monoisotopic (exact) mass is 704 g/mol. The zero-order valence-electron chi connectivity index (χ0n) is 29.3. The molecule has 0 unspecified atom stereocenters. The van der Waals surface area contributed by atoms with Crippen LogP contribution in [0.4, 0.5) is 17.1 Å². The van der Waals surface area contributed by atoms with Crippen LogP contribution in [0.25, 0.3) is 85.5 Å². The van der Waals surface area contributed by atoms with Crippen molar-refractivity contribution in [3.05, 3.63) is 194 Å². The highest BCUT2D eigenvalue weighted by Crippen LogP contribution is 2.46. The summed E-state index contributed by atoms with van der Waals surface area (Å²) in [5, 5.41) is 12.6. The summed E-state index contributed by atoms with van der Waals surface area (Å²) in [4.78, 5) is 6.87. The first-order valence-electron chi connectivity index (χ1n) is 18.4. The Labute approximate surface area is 316 Å². The van der Waals surface area contributed by atoms with Crippen molar-refractivity contribution in [3.8, 4) is 22.3 Å². The van der Waals surface area contributed by atoms with Crippen molar-refractivity contribution in [3.63, 3.8) is 0 Å². The summed E-state index contributed by atoms with van der Waals surface area (Å²) in [5.74, 6) is 0. The van der Waals surface area contributed by atoms with Gasteiger partial charge in [0.1, 0.15) is 0 Å². The number of fused-ring (bicyclic) bond motifs is 9. The number of pyridine rings is 1. The summed E-state index contributed by atoms with van der Waals surface area (Å²) in [7, 11) is 0. The van der Waals surface area contributed by atoms with Gasteiger partial charge in [-0.15, -0.1) is 11.3 Å². The highest BCUT2D eigenvalue weighted by molar-refractivity contribution is 7.25. The molecule has 11 aromatic rings. The average molecular weight is 705 g/mol. The largest absolute Gasteiger partial charge is 0.310 e. The maximum atomic E-state index is 4.45. The number of thiophene rings is 1. The van der Waals surface area contributed by atoms with Crippen LogP contribution >= 0.6 is 11.3 Å². The highest BCUT2D eigenvalue weighted by Gasteiger charge is 2.20. The first-order chi connectivity index (χ1) is 26.8. The fourth-order valence-electron chi connectivity index (χ4n) is 8.44. The smallest absolute Gasteiger partial charge is 0.0554 e. The molecule has 0 saturated heterocycles. The van der Waals surface area contributed by atoms with Crippen LogP contribution in [0.3, 0.4) is 0 Å². The Kier molecular flexibility index (Phi) is 7.07. The minimum absolute atomic E-state index is 1.11. The molecule has 252 valence electrons. The molecule has 2 heterocycles. The molecule has 0 aliphatic carbocycles. The predicted octanol–water partition coefficient (Wildman–Crippen LogP) is 14.9. The molecule has 2 aromatic heterocycles. The lowest BCUT2D eigenvalue weighted by Crippen LogP contribution is -2.10. The van der Waals surface area contributed by atoms with Gasteiger partial charge < -0.3 is 4.90 Å². The molecule has 11 rings (SSSR count). The van der Waals surface area contributed by atoms with Gasteiger partial charge in [-0.3, -0.25) is 4.98 Å². The van der Waals surface area contributed by atoms with Crippen LogP contribution in [0, 0.1) is 0 Å². The summed E-state index contributed by atoms with van der Waals surface area (Å²) in [5.41, 5.74) is 8.24. The molecular formula is C51H32N2S. The van der Waals surface area contributed by atoms with Crippen molar-refractivity contribution >= 4 is 91.7 Å². The fraction of sp³-hybridized carbons (Fsp3) is 0. The molecule has 54 heavy (non-hydrogen) atoms. The van der Waals surface area contributed by atoms with E-state index in [2.05, 4.69) is 192 Å². The van der Waals surface area contributed by atoms with E-state index < -0.39 is 0 Å². The van der Waals surface area contributed by atoms with Crippen LogP contribution in [-0.2, 0) is 0 Å². The third-order valence-electron chi connectivity index (χ3n) is 10.9. The van der Waals surface area contributed by atoms with Crippen molar-refractivity contribution in [2.45, 2.75) is 0 Å². The number of hydrogen-bond donors (Lipinski definition) is 0. The quantitative estimate of drug-likeness (QED) is 0.166. The first kappa shape index (κ1) is 30.8. The first-order valence-corrected chi connectivity index (χ1v) is 19.2. The summed E-state index contributed by atoms with van der Waals surface area (Å²) in [6, 6.07) is 66.6. The normalized spacial score (nSPS) is 11.7. The molecular weight excluding hydrogens is 673 g/mol. The summed E-state index contributed by atoms with van der Waals surface area (Å²) >= 11 is 1.80. The predicted molar refractivity (Wildman–Crippen MR) is 233 cm³/mol. The molecule has 0 N–H and O–H groups in total. The van der Waals surface area contributed by atoms with E-state index in [0.717, 1.165) is 17.1 Å². The Morgan fingerprint density at radius 1 is 0.389 bits per heavy atom. The van der Waals surface area contributed by atoms with Gasteiger partial charge in [0, 0.05) is 39.2 Å². The van der Waals surface area contributed by atoms with E-state index in [1.165, 1.54) is 85.5 Å².